The molecular formula is C23H31N7O. The number of nitrogens with two attached hydrogens (primary N) is 2. The van der Waals surface area contributed by atoms with E-state index in [0.717, 1.165) is 48.9 Å². The number of aliphatic imine (C=N–C) groups is 2. The van der Waals surface area contributed by atoms with E-state index in [1.807, 2.05) is 30.3 Å². The molecule has 0 saturated carbocycles. The topological polar surface area (TPSA) is 104 Å². The van der Waals surface area contributed by atoms with Crippen molar-refractivity contribution in [3.05, 3.63) is 59.2 Å². The molecule has 1 unspecified atom stereocenters. The Hall–Kier alpha value is -3.10. The zero-order valence-electron chi connectivity index (χ0n) is 18.4. The third kappa shape index (κ3) is 4.65. The molecule has 2 aromatic rings. The summed E-state index contributed by atoms with van der Waals surface area (Å²) in [5.74, 6) is 0.704. The molecule has 31 heavy (non-hydrogen) atoms. The summed E-state index contributed by atoms with van der Waals surface area (Å²) in [6, 6.07) is 14.2. The van der Waals surface area contributed by atoms with Crippen LogP contribution in [0.25, 0.3) is 0 Å². The van der Waals surface area contributed by atoms with Gasteiger partial charge in [-0.15, -0.1) is 0 Å². The van der Waals surface area contributed by atoms with Gasteiger partial charge in [-0.3, -0.25) is 10.6 Å². The third-order valence-corrected chi connectivity index (χ3v) is 5.96. The van der Waals surface area contributed by atoms with Crippen LogP contribution < -0.4 is 26.4 Å². The number of methoxy groups -OCH3 is 1. The van der Waals surface area contributed by atoms with Crippen LogP contribution in [-0.2, 0) is 5.79 Å². The Labute approximate surface area is 183 Å². The predicted molar refractivity (Wildman–Crippen MR) is 126 cm³/mol. The highest BCUT2D eigenvalue weighted by atomic mass is 16.5. The van der Waals surface area contributed by atoms with Crippen molar-refractivity contribution in [1.82, 2.24) is 10.2 Å². The van der Waals surface area contributed by atoms with Crippen LogP contribution in [0.4, 0.5) is 5.69 Å². The van der Waals surface area contributed by atoms with Gasteiger partial charge >= 0.3 is 0 Å². The summed E-state index contributed by atoms with van der Waals surface area (Å²) in [7, 11) is 1.69. The van der Waals surface area contributed by atoms with E-state index >= 15 is 0 Å². The summed E-state index contributed by atoms with van der Waals surface area (Å²) >= 11 is 0. The minimum Gasteiger partial charge on any atom is -0.497 e. The van der Waals surface area contributed by atoms with Crippen LogP contribution in [0.5, 0.6) is 5.75 Å². The number of benzene rings is 2. The van der Waals surface area contributed by atoms with Crippen molar-refractivity contribution in [2.75, 3.05) is 44.7 Å². The van der Waals surface area contributed by atoms with Gasteiger partial charge < -0.3 is 20.7 Å². The van der Waals surface area contributed by atoms with E-state index < -0.39 is 5.79 Å². The third-order valence-electron chi connectivity index (χ3n) is 5.96. The lowest BCUT2D eigenvalue weighted by Crippen LogP contribution is -2.54. The number of amidine groups is 1. The molecule has 0 amide bonds. The SMILES string of the molecule is COc1cccc(N2CCN(CC3=NC(N)(c4ccc(C)c(C)c4)N=C(N)N3)CC2)c1. The molecule has 0 aliphatic carbocycles. The molecule has 0 bridgehead atoms. The Morgan fingerprint density at radius 3 is 2.52 bits per heavy atom. The average molecular weight is 422 g/mol. The second kappa shape index (κ2) is 8.56. The summed E-state index contributed by atoms with van der Waals surface area (Å²) in [5.41, 5.74) is 17.0. The lowest BCUT2D eigenvalue weighted by molar-refractivity contribution is 0.288. The molecule has 1 saturated heterocycles. The molecule has 0 aromatic heterocycles. The molecule has 2 aromatic carbocycles. The first-order chi connectivity index (χ1) is 14.9. The first kappa shape index (κ1) is 21.1. The van der Waals surface area contributed by atoms with Gasteiger partial charge in [-0.25, -0.2) is 9.98 Å². The quantitative estimate of drug-likeness (QED) is 0.676. The van der Waals surface area contributed by atoms with Crippen molar-refractivity contribution < 1.29 is 4.74 Å². The van der Waals surface area contributed by atoms with Gasteiger partial charge in [0.05, 0.1) is 13.7 Å². The van der Waals surface area contributed by atoms with Gasteiger partial charge in [0.1, 0.15) is 11.6 Å². The molecule has 4 rings (SSSR count). The predicted octanol–water partition coefficient (Wildman–Crippen LogP) is 1.52. The van der Waals surface area contributed by atoms with Gasteiger partial charge in [0.2, 0.25) is 5.79 Å². The van der Waals surface area contributed by atoms with Gasteiger partial charge in [0.15, 0.2) is 5.96 Å². The lowest BCUT2D eigenvalue weighted by atomic mass is 10.0. The molecule has 2 heterocycles. The second-order valence-corrected chi connectivity index (χ2v) is 8.17. The fourth-order valence-corrected chi connectivity index (χ4v) is 3.98. The Bertz CT molecular complexity index is 1010. The van der Waals surface area contributed by atoms with Crippen LogP contribution in [0.1, 0.15) is 16.7 Å². The van der Waals surface area contributed by atoms with Crippen molar-refractivity contribution in [1.29, 1.82) is 0 Å². The first-order valence-corrected chi connectivity index (χ1v) is 10.6. The summed E-state index contributed by atoms with van der Waals surface area (Å²) in [6.45, 7) is 8.45. The second-order valence-electron chi connectivity index (χ2n) is 8.17. The highest BCUT2D eigenvalue weighted by molar-refractivity contribution is 6.01. The summed E-state index contributed by atoms with van der Waals surface area (Å²) in [6.07, 6.45) is 0. The molecular weight excluding hydrogens is 390 g/mol. The average Bonchev–Trinajstić information content (AvgIpc) is 2.75. The van der Waals surface area contributed by atoms with E-state index in [4.69, 9.17) is 21.2 Å². The van der Waals surface area contributed by atoms with Crippen molar-refractivity contribution >= 4 is 17.5 Å². The minimum absolute atomic E-state index is 0.292. The van der Waals surface area contributed by atoms with Crippen LogP contribution >= 0.6 is 0 Å². The van der Waals surface area contributed by atoms with Crippen LogP contribution in [0.2, 0.25) is 0 Å². The Kier molecular flexibility index (Phi) is 5.84. The van der Waals surface area contributed by atoms with Crippen LogP contribution in [0.15, 0.2) is 52.4 Å². The van der Waals surface area contributed by atoms with Crippen LogP contribution in [0, 0.1) is 13.8 Å². The van der Waals surface area contributed by atoms with E-state index in [1.165, 1.54) is 11.3 Å². The van der Waals surface area contributed by atoms with E-state index in [2.05, 4.69) is 46.1 Å². The zero-order chi connectivity index (χ0) is 22.0. The largest absolute Gasteiger partial charge is 0.497 e. The molecule has 2 aliphatic rings. The number of nitrogens with zero attached hydrogens (tertiary/aromatic N) is 4. The number of hydrogen-bond donors (Lipinski definition) is 3. The smallest absolute Gasteiger partial charge is 0.234 e. The number of aryl methyl sites for hydroxylation is 2. The lowest BCUT2D eigenvalue weighted by Gasteiger charge is -2.37. The van der Waals surface area contributed by atoms with Crippen molar-refractivity contribution in [2.45, 2.75) is 19.6 Å². The number of ether oxygens (including phenoxy) is 1. The highest BCUT2D eigenvalue weighted by Gasteiger charge is 2.31. The molecule has 0 radical (unpaired) electrons. The van der Waals surface area contributed by atoms with E-state index in [0.29, 0.717) is 12.5 Å². The van der Waals surface area contributed by atoms with Gasteiger partial charge in [-0.1, -0.05) is 18.2 Å². The van der Waals surface area contributed by atoms with E-state index in [1.54, 1.807) is 7.11 Å². The number of anilines is 1. The number of rotatable bonds is 5. The van der Waals surface area contributed by atoms with Crippen LogP contribution in [0.3, 0.4) is 0 Å². The van der Waals surface area contributed by atoms with Crippen molar-refractivity contribution in [2.24, 2.45) is 21.5 Å². The van der Waals surface area contributed by atoms with Gasteiger partial charge in [-0.2, -0.15) is 0 Å². The normalized spacial score (nSPS) is 21.9. The molecule has 1 fully saturated rings. The Morgan fingerprint density at radius 1 is 1.03 bits per heavy atom. The molecule has 8 nitrogen and oxygen atoms in total. The summed E-state index contributed by atoms with van der Waals surface area (Å²) in [4.78, 5) is 13.9. The van der Waals surface area contributed by atoms with Crippen molar-refractivity contribution in [3.63, 3.8) is 0 Å². The van der Waals surface area contributed by atoms with E-state index in [9.17, 15) is 0 Å². The van der Waals surface area contributed by atoms with Crippen molar-refractivity contribution in [3.8, 4) is 5.75 Å². The first-order valence-electron chi connectivity index (χ1n) is 10.6. The summed E-state index contributed by atoms with van der Waals surface area (Å²) < 4.78 is 5.35. The molecule has 1 atom stereocenters. The van der Waals surface area contributed by atoms with Crippen LogP contribution in [-0.4, -0.2) is 56.5 Å². The maximum absolute atomic E-state index is 6.58. The number of guanidine groups is 1. The standard InChI is InChI=1S/C23H31N7O/c1-16-7-8-18(13-17(16)2)23(25)27-21(26-22(24)28-23)15-29-9-11-30(12-10-29)19-5-4-6-20(14-19)31-3/h4-8,13-14H,9-12,15,25H2,1-3H3,(H3,24,26,27,28). The minimum atomic E-state index is -1.20. The van der Waals surface area contributed by atoms with Gasteiger partial charge in [-0.05, 0) is 43.2 Å². The number of hydrogen-bond acceptors (Lipinski definition) is 8. The molecule has 0 spiro atoms. The molecule has 5 N–H and O–H groups in total. The fraction of sp³-hybridized carbons (Fsp3) is 0.391. The maximum atomic E-state index is 6.58. The van der Waals surface area contributed by atoms with Gasteiger partial charge in [0, 0.05) is 43.5 Å². The Balaban J connectivity index is 1.44. The molecule has 8 heteroatoms. The molecule has 2 aliphatic heterocycles. The number of nitrogens with one attached hydrogen (secondary N) is 1. The van der Waals surface area contributed by atoms with E-state index in [-0.39, 0.29) is 0 Å². The maximum Gasteiger partial charge on any atom is 0.234 e. The monoisotopic (exact) mass is 421 g/mol. The summed E-state index contributed by atoms with van der Waals surface area (Å²) in [5, 5.41) is 3.10. The Morgan fingerprint density at radius 2 is 1.81 bits per heavy atom. The molecule has 164 valence electrons. The highest BCUT2D eigenvalue weighted by Crippen LogP contribution is 2.26. The number of piperazine rings is 1. The fourth-order valence-electron chi connectivity index (χ4n) is 3.98. The van der Waals surface area contributed by atoms with Gasteiger partial charge in [0.25, 0.3) is 0 Å². The zero-order valence-corrected chi connectivity index (χ0v) is 18.4.